The molecule has 1 aliphatic heterocycles. The van der Waals surface area contributed by atoms with Crippen LogP contribution in [0.5, 0.6) is 0 Å². The van der Waals surface area contributed by atoms with Gasteiger partial charge in [-0.1, -0.05) is 62.2 Å². The second kappa shape index (κ2) is 10.1. The number of rotatable bonds is 4. The Hall–Kier alpha value is -2.31. The molecule has 0 aliphatic carbocycles. The van der Waals surface area contributed by atoms with Crippen LogP contribution in [-0.4, -0.2) is 49.5 Å². The molecule has 1 N–H and O–H groups in total. The topological polar surface area (TPSA) is 108 Å². The molecule has 0 bridgehead atoms. The molecule has 7 nitrogen and oxygen atoms in total. The molecule has 0 saturated carbocycles. The van der Waals surface area contributed by atoms with Crippen molar-refractivity contribution in [2.24, 2.45) is 11.3 Å². The number of carboxylic acid groups (broad SMARTS) is 1. The van der Waals surface area contributed by atoms with Crippen LogP contribution in [-0.2, 0) is 14.6 Å². The van der Waals surface area contributed by atoms with E-state index in [9.17, 15) is 23.6 Å². The highest BCUT2D eigenvalue weighted by molar-refractivity contribution is 7.91. The van der Waals surface area contributed by atoms with Crippen LogP contribution >= 0.6 is 23.2 Å². The lowest BCUT2D eigenvalue weighted by molar-refractivity contribution is -0.0742. The van der Waals surface area contributed by atoms with Crippen LogP contribution in [0.1, 0.15) is 38.0 Å². The lowest BCUT2D eigenvalue weighted by Crippen LogP contribution is -2.42. The molecule has 3 atom stereocenters. The number of nitriles is 1. The maximum Gasteiger partial charge on any atom is 0.407 e. The quantitative estimate of drug-likeness (QED) is 0.571. The molecule has 0 spiro atoms. The third-order valence-corrected chi connectivity index (χ3v) is 8.50. The van der Waals surface area contributed by atoms with Crippen molar-refractivity contribution in [3.63, 3.8) is 0 Å². The summed E-state index contributed by atoms with van der Waals surface area (Å²) >= 11 is 12.3. The number of benzene rings is 2. The Morgan fingerprint density at radius 1 is 1.18 bits per heavy atom. The van der Waals surface area contributed by atoms with E-state index in [2.05, 4.69) is 0 Å². The number of amides is 1. The molecule has 1 saturated heterocycles. The number of ether oxygens (including phenoxy) is 1. The van der Waals surface area contributed by atoms with E-state index in [0.29, 0.717) is 10.6 Å². The molecular formula is C24H26Cl2N2O5S. The molecule has 10 heteroatoms. The lowest BCUT2D eigenvalue weighted by atomic mass is 9.88. The Kier molecular flexibility index (Phi) is 7.83. The summed E-state index contributed by atoms with van der Waals surface area (Å²) in [5.41, 5.74) is 0.207. The van der Waals surface area contributed by atoms with Gasteiger partial charge in [-0.05, 0) is 35.2 Å². The van der Waals surface area contributed by atoms with E-state index in [4.69, 9.17) is 27.9 Å². The fourth-order valence-electron chi connectivity index (χ4n) is 4.00. The summed E-state index contributed by atoms with van der Waals surface area (Å²) < 4.78 is 33.3. The Bertz CT molecular complexity index is 1220. The zero-order valence-corrected chi connectivity index (χ0v) is 21.4. The zero-order chi connectivity index (χ0) is 25.3. The normalized spacial score (nSPS) is 21.5. The van der Waals surface area contributed by atoms with E-state index >= 15 is 0 Å². The van der Waals surface area contributed by atoms with Gasteiger partial charge in [0, 0.05) is 12.5 Å². The smallest absolute Gasteiger partial charge is 0.407 e. The zero-order valence-electron chi connectivity index (χ0n) is 19.0. The molecule has 3 rings (SSSR count). The van der Waals surface area contributed by atoms with Gasteiger partial charge in [-0.2, -0.15) is 5.26 Å². The van der Waals surface area contributed by atoms with Crippen LogP contribution < -0.4 is 0 Å². The minimum atomic E-state index is -3.96. The molecule has 1 heterocycles. The average molecular weight is 525 g/mol. The first kappa shape index (κ1) is 26.3. The standard InChI is InChI=1S/C24H26Cl2N2O5S/c1-24(2,3)21-13-28(23(29)30)12-17(22(33-21)15-8-9-18(25)19(26)10-15)14-34(31,32)20-7-5-4-6-16(20)11-27/h4-10,17,21-22H,12-14H2,1-3H3,(H,29,30)/t17-,21?,22-/m0/s1. The van der Waals surface area contributed by atoms with Crippen molar-refractivity contribution in [3.05, 3.63) is 63.6 Å². The van der Waals surface area contributed by atoms with Gasteiger partial charge >= 0.3 is 6.09 Å². The molecule has 1 unspecified atom stereocenters. The molecule has 1 amide bonds. The molecule has 2 aromatic rings. The summed E-state index contributed by atoms with van der Waals surface area (Å²) in [4.78, 5) is 13.1. The van der Waals surface area contributed by atoms with E-state index in [0.717, 1.165) is 0 Å². The fourth-order valence-corrected chi connectivity index (χ4v) is 6.07. The van der Waals surface area contributed by atoms with E-state index < -0.39 is 45.2 Å². The van der Waals surface area contributed by atoms with E-state index in [1.165, 1.54) is 17.0 Å². The first-order valence-electron chi connectivity index (χ1n) is 10.6. The number of nitrogens with zero attached hydrogens (tertiary/aromatic N) is 2. The third kappa shape index (κ3) is 5.84. The third-order valence-electron chi connectivity index (χ3n) is 5.86. The van der Waals surface area contributed by atoms with Gasteiger partial charge in [-0.25, -0.2) is 13.2 Å². The summed E-state index contributed by atoms with van der Waals surface area (Å²) in [5, 5.41) is 19.9. The van der Waals surface area contributed by atoms with Crippen molar-refractivity contribution in [2.75, 3.05) is 18.8 Å². The highest BCUT2D eigenvalue weighted by Crippen LogP contribution is 2.39. The summed E-state index contributed by atoms with van der Waals surface area (Å²) in [5.74, 6) is -1.19. The van der Waals surface area contributed by atoms with Gasteiger partial charge in [-0.15, -0.1) is 0 Å². The van der Waals surface area contributed by atoms with Gasteiger partial charge in [-0.3, -0.25) is 0 Å². The Morgan fingerprint density at radius 3 is 2.44 bits per heavy atom. The van der Waals surface area contributed by atoms with Crippen molar-refractivity contribution in [1.29, 1.82) is 5.26 Å². The largest absolute Gasteiger partial charge is 0.465 e. The van der Waals surface area contributed by atoms with Crippen LogP contribution in [0.3, 0.4) is 0 Å². The minimum Gasteiger partial charge on any atom is -0.465 e. The first-order chi connectivity index (χ1) is 15.8. The van der Waals surface area contributed by atoms with Gasteiger partial charge in [0.1, 0.15) is 6.07 Å². The number of hydrogen-bond acceptors (Lipinski definition) is 5. The summed E-state index contributed by atoms with van der Waals surface area (Å²) in [7, 11) is -3.96. The van der Waals surface area contributed by atoms with Crippen LogP contribution in [0.15, 0.2) is 47.4 Å². The summed E-state index contributed by atoms with van der Waals surface area (Å²) in [6, 6.07) is 12.8. The van der Waals surface area contributed by atoms with E-state index in [1.807, 2.05) is 26.8 Å². The van der Waals surface area contributed by atoms with Gasteiger partial charge in [0.15, 0.2) is 9.84 Å². The number of halogens is 2. The van der Waals surface area contributed by atoms with E-state index in [1.54, 1.807) is 30.3 Å². The van der Waals surface area contributed by atoms with Crippen LogP contribution in [0.2, 0.25) is 10.0 Å². The van der Waals surface area contributed by atoms with Crippen molar-refractivity contribution < 1.29 is 23.1 Å². The number of sulfone groups is 1. The molecule has 0 aromatic heterocycles. The molecule has 2 aromatic carbocycles. The SMILES string of the molecule is CC(C)(C)C1CN(C(=O)O)C[C@@H](CS(=O)(=O)c2ccccc2C#N)[C@H](c2ccc(Cl)c(Cl)c2)O1. The number of hydrogen-bond donors (Lipinski definition) is 1. The summed E-state index contributed by atoms with van der Waals surface area (Å²) in [6.07, 6.45) is -2.44. The van der Waals surface area contributed by atoms with Gasteiger partial charge in [0.25, 0.3) is 0 Å². The predicted molar refractivity (Wildman–Crippen MR) is 130 cm³/mol. The summed E-state index contributed by atoms with van der Waals surface area (Å²) in [6.45, 7) is 5.82. The van der Waals surface area contributed by atoms with Crippen molar-refractivity contribution in [2.45, 2.75) is 37.9 Å². The fraction of sp³-hybridized carbons (Fsp3) is 0.417. The molecule has 34 heavy (non-hydrogen) atoms. The second-order valence-corrected chi connectivity index (χ2v) is 12.2. The Balaban J connectivity index is 2.11. The monoisotopic (exact) mass is 524 g/mol. The molecule has 0 radical (unpaired) electrons. The first-order valence-corrected chi connectivity index (χ1v) is 13.0. The lowest BCUT2D eigenvalue weighted by Gasteiger charge is -2.34. The van der Waals surface area contributed by atoms with Crippen LogP contribution in [0.25, 0.3) is 0 Å². The maximum absolute atomic E-state index is 13.4. The van der Waals surface area contributed by atoms with Crippen LogP contribution in [0.4, 0.5) is 4.79 Å². The van der Waals surface area contributed by atoms with Crippen molar-refractivity contribution in [1.82, 2.24) is 4.90 Å². The molecular weight excluding hydrogens is 499 g/mol. The van der Waals surface area contributed by atoms with Crippen molar-refractivity contribution >= 4 is 39.1 Å². The Morgan fingerprint density at radius 2 is 1.85 bits per heavy atom. The number of carbonyl (C=O) groups is 1. The predicted octanol–water partition coefficient (Wildman–Crippen LogP) is 5.42. The highest BCUT2D eigenvalue weighted by Gasteiger charge is 2.41. The maximum atomic E-state index is 13.4. The van der Waals surface area contributed by atoms with E-state index in [-0.39, 0.29) is 28.6 Å². The molecule has 1 fully saturated rings. The van der Waals surface area contributed by atoms with Crippen LogP contribution in [0, 0.1) is 22.7 Å². The van der Waals surface area contributed by atoms with Gasteiger partial charge in [0.05, 0.1) is 45.0 Å². The average Bonchev–Trinajstić information content (AvgIpc) is 2.95. The van der Waals surface area contributed by atoms with Gasteiger partial charge < -0.3 is 14.7 Å². The highest BCUT2D eigenvalue weighted by atomic mass is 35.5. The minimum absolute atomic E-state index is 0.0331. The Labute approximate surface area is 209 Å². The molecule has 182 valence electrons. The second-order valence-electron chi connectivity index (χ2n) is 9.42. The van der Waals surface area contributed by atoms with Gasteiger partial charge in [0.2, 0.25) is 0 Å². The van der Waals surface area contributed by atoms with Crippen molar-refractivity contribution in [3.8, 4) is 6.07 Å². The molecule has 1 aliphatic rings.